The fourth-order valence-electron chi connectivity index (χ4n) is 1.35. The lowest BCUT2D eigenvalue weighted by Gasteiger charge is -2.06. The maximum atomic E-state index is 12.6. The standard InChI is InChI=1S/C13H12FNO.ClH/c14-11-6-4-10(5-7-11)9-16-13-3-1-2-12(15)8-13;/h1-8H,9,15H2;1H. The number of rotatable bonds is 3. The summed E-state index contributed by atoms with van der Waals surface area (Å²) in [6.45, 7) is 0.406. The average molecular weight is 254 g/mol. The fraction of sp³-hybridized carbons (Fsp3) is 0.0769. The molecular weight excluding hydrogens is 241 g/mol. The summed E-state index contributed by atoms with van der Waals surface area (Å²) in [5, 5.41) is 0. The van der Waals surface area contributed by atoms with Gasteiger partial charge in [0, 0.05) is 11.8 Å². The van der Waals surface area contributed by atoms with Crippen molar-refractivity contribution in [1.29, 1.82) is 0 Å². The molecule has 0 aliphatic rings. The van der Waals surface area contributed by atoms with Crippen molar-refractivity contribution in [2.24, 2.45) is 0 Å². The second-order valence-electron chi connectivity index (χ2n) is 3.49. The van der Waals surface area contributed by atoms with Gasteiger partial charge < -0.3 is 10.5 Å². The molecule has 0 heterocycles. The number of nitrogens with two attached hydrogens (primary N) is 1. The van der Waals surface area contributed by atoms with E-state index >= 15 is 0 Å². The van der Waals surface area contributed by atoms with Crippen molar-refractivity contribution in [3.8, 4) is 5.75 Å². The predicted molar refractivity (Wildman–Crippen MR) is 68.8 cm³/mol. The first-order chi connectivity index (χ1) is 7.74. The molecule has 0 radical (unpaired) electrons. The third kappa shape index (κ3) is 3.96. The van der Waals surface area contributed by atoms with Gasteiger partial charge in [-0.1, -0.05) is 18.2 Å². The van der Waals surface area contributed by atoms with Crippen LogP contribution in [0.25, 0.3) is 0 Å². The molecule has 2 aromatic rings. The van der Waals surface area contributed by atoms with Crippen LogP contribution < -0.4 is 10.5 Å². The van der Waals surface area contributed by atoms with Crippen LogP contribution in [-0.4, -0.2) is 0 Å². The first-order valence-corrected chi connectivity index (χ1v) is 4.97. The van der Waals surface area contributed by atoms with Crippen LogP contribution >= 0.6 is 12.4 Å². The third-order valence-corrected chi connectivity index (χ3v) is 2.18. The Morgan fingerprint density at radius 2 is 1.76 bits per heavy atom. The first-order valence-electron chi connectivity index (χ1n) is 4.97. The third-order valence-electron chi connectivity index (χ3n) is 2.18. The largest absolute Gasteiger partial charge is 0.489 e. The van der Waals surface area contributed by atoms with Crippen LogP contribution in [0.3, 0.4) is 0 Å². The Morgan fingerprint density at radius 1 is 1.06 bits per heavy atom. The SMILES string of the molecule is Cl.Nc1cccc(OCc2ccc(F)cc2)c1. The Hall–Kier alpha value is -1.74. The van der Waals surface area contributed by atoms with E-state index in [4.69, 9.17) is 10.5 Å². The molecule has 0 unspecified atom stereocenters. The molecule has 0 aliphatic heterocycles. The summed E-state index contributed by atoms with van der Waals surface area (Å²) in [6.07, 6.45) is 0. The number of benzene rings is 2. The predicted octanol–water partition coefficient (Wildman–Crippen LogP) is 3.41. The fourth-order valence-corrected chi connectivity index (χ4v) is 1.35. The van der Waals surface area contributed by atoms with Crippen molar-refractivity contribution >= 4 is 18.1 Å². The van der Waals surface area contributed by atoms with Crippen LogP contribution in [0.1, 0.15) is 5.56 Å². The zero-order valence-corrected chi connectivity index (χ0v) is 9.91. The molecule has 0 spiro atoms. The maximum Gasteiger partial charge on any atom is 0.123 e. The van der Waals surface area contributed by atoms with Crippen LogP contribution in [0.2, 0.25) is 0 Å². The van der Waals surface area contributed by atoms with E-state index in [1.165, 1.54) is 12.1 Å². The van der Waals surface area contributed by atoms with Gasteiger partial charge in [-0.05, 0) is 29.8 Å². The van der Waals surface area contributed by atoms with Gasteiger partial charge in [-0.3, -0.25) is 0 Å². The molecule has 2 aromatic carbocycles. The topological polar surface area (TPSA) is 35.2 Å². The van der Waals surface area contributed by atoms with E-state index in [9.17, 15) is 4.39 Å². The zero-order valence-electron chi connectivity index (χ0n) is 9.10. The minimum Gasteiger partial charge on any atom is -0.489 e. The average Bonchev–Trinajstić information content (AvgIpc) is 2.28. The van der Waals surface area contributed by atoms with E-state index in [1.54, 1.807) is 24.3 Å². The first kappa shape index (κ1) is 13.3. The van der Waals surface area contributed by atoms with Gasteiger partial charge in [0.1, 0.15) is 18.2 Å². The van der Waals surface area contributed by atoms with Crippen LogP contribution in [0.4, 0.5) is 10.1 Å². The Bertz CT molecular complexity index is 473. The van der Waals surface area contributed by atoms with Gasteiger partial charge in [0.05, 0.1) is 0 Å². The summed E-state index contributed by atoms with van der Waals surface area (Å²) >= 11 is 0. The Balaban J connectivity index is 0.00000144. The van der Waals surface area contributed by atoms with E-state index in [-0.39, 0.29) is 18.2 Å². The molecule has 0 aromatic heterocycles. The minimum absolute atomic E-state index is 0. The van der Waals surface area contributed by atoms with E-state index in [0.29, 0.717) is 18.0 Å². The smallest absolute Gasteiger partial charge is 0.123 e. The summed E-state index contributed by atoms with van der Waals surface area (Å²) in [5.74, 6) is 0.469. The molecule has 0 atom stereocenters. The second-order valence-corrected chi connectivity index (χ2v) is 3.49. The van der Waals surface area contributed by atoms with Crippen LogP contribution in [0, 0.1) is 5.82 Å². The van der Waals surface area contributed by atoms with Crippen LogP contribution in [0.15, 0.2) is 48.5 Å². The monoisotopic (exact) mass is 253 g/mol. The summed E-state index contributed by atoms with van der Waals surface area (Å²) in [4.78, 5) is 0. The molecule has 2 N–H and O–H groups in total. The molecular formula is C13H13ClFNO. The van der Waals surface area contributed by atoms with E-state index < -0.39 is 0 Å². The molecule has 90 valence electrons. The lowest BCUT2D eigenvalue weighted by molar-refractivity contribution is 0.306. The highest BCUT2D eigenvalue weighted by Gasteiger charge is 1.97. The second kappa shape index (κ2) is 6.11. The van der Waals surface area contributed by atoms with Crippen molar-refractivity contribution in [2.75, 3.05) is 5.73 Å². The van der Waals surface area contributed by atoms with Gasteiger partial charge in [-0.2, -0.15) is 0 Å². The highest BCUT2D eigenvalue weighted by atomic mass is 35.5. The molecule has 2 nitrogen and oxygen atoms in total. The minimum atomic E-state index is -0.243. The van der Waals surface area contributed by atoms with Gasteiger partial charge in [-0.25, -0.2) is 4.39 Å². The van der Waals surface area contributed by atoms with Crippen molar-refractivity contribution in [2.45, 2.75) is 6.61 Å². The molecule has 0 saturated carbocycles. The van der Waals surface area contributed by atoms with Crippen LogP contribution in [-0.2, 0) is 6.61 Å². The Labute approximate surface area is 106 Å². The summed E-state index contributed by atoms with van der Waals surface area (Å²) < 4.78 is 18.2. The Morgan fingerprint density at radius 3 is 2.41 bits per heavy atom. The van der Waals surface area contributed by atoms with Gasteiger partial charge in [0.25, 0.3) is 0 Å². The molecule has 0 saturated heterocycles. The summed E-state index contributed by atoms with van der Waals surface area (Å²) in [5.41, 5.74) is 7.20. The van der Waals surface area contributed by atoms with Crippen LogP contribution in [0.5, 0.6) is 5.75 Å². The van der Waals surface area contributed by atoms with E-state index in [1.807, 2.05) is 12.1 Å². The number of hydrogen-bond donors (Lipinski definition) is 1. The summed E-state index contributed by atoms with van der Waals surface area (Å²) in [6, 6.07) is 13.4. The van der Waals surface area contributed by atoms with E-state index in [0.717, 1.165) is 5.56 Å². The number of halogens is 2. The van der Waals surface area contributed by atoms with Crippen molar-refractivity contribution < 1.29 is 9.13 Å². The van der Waals surface area contributed by atoms with Crippen molar-refractivity contribution in [3.05, 3.63) is 59.9 Å². The van der Waals surface area contributed by atoms with Gasteiger partial charge in [-0.15, -0.1) is 12.4 Å². The van der Waals surface area contributed by atoms with Crippen molar-refractivity contribution in [1.82, 2.24) is 0 Å². The maximum absolute atomic E-state index is 12.6. The van der Waals surface area contributed by atoms with E-state index in [2.05, 4.69) is 0 Å². The Kier molecular flexibility index (Phi) is 4.79. The number of anilines is 1. The number of hydrogen-bond acceptors (Lipinski definition) is 2. The number of nitrogen functional groups attached to an aromatic ring is 1. The molecule has 4 heteroatoms. The molecule has 0 bridgehead atoms. The lowest BCUT2D eigenvalue weighted by atomic mass is 10.2. The highest BCUT2D eigenvalue weighted by molar-refractivity contribution is 5.85. The van der Waals surface area contributed by atoms with Gasteiger partial charge >= 0.3 is 0 Å². The van der Waals surface area contributed by atoms with Gasteiger partial charge in [0.15, 0.2) is 0 Å². The van der Waals surface area contributed by atoms with Crippen molar-refractivity contribution in [3.63, 3.8) is 0 Å². The zero-order chi connectivity index (χ0) is 11.4. The summed E-state index contributed by atoms with van der Waals surface area (Å²) in [7, 11) is 0. The molecule has 0 fully saturated rings. The molecule has 2 rings (SSSR count). The quantitative estimate of drug-likeness (QED) is 0.851. The molecule has 17 heavy (non-hydrogen) atoms. The highest BCUT2D eigenvalue weighted by Crippen LogP contribution is 2.16. The molecule has 0 aliphatic carbocycles. The van der Waals surface area contributed by atoms with Gasteiger partial charge in [0.2, 0.25) is 0 Å². The normalized spacial score (nSPS) is 9.47. The number of ether oxygens (including phenoxy) is 1. The lowest BCUT2D eigenvalue weighted by Crippen LogP contribution is -1.96. The molecule has 0 amide bonds.